The van der Waals surface area contributed by atoms with Crippen LogP contribution in [0.25, 0.3) is 0 Å². The summed E-state index contributed by atoms with van der Waals surface area (Å²) in [5.74, 6) is 0.215. The molecule has 0 fully saturated rings. The van der Waals surface area contributed by atoms with Crippen LogP contribution in [0, 0.1) is 5.92 Å². The zero-order valence-corrected chi connectivity index (χ0v) is 11.0. The maximum atomic E-state index is 12.0. The molecule has 1 aromatic rings. The average molecular weight is 238 g/mol. The van der Waals surface area contributed by atoms with Crippen molar-refractivity contribution in [1.82, 2.24) is 15.1 Å². The minimum atomic E-state index is -0.108. The molecule has 1 atom stereocenters. The molecule has 0 aliphatic carbocycles. The third-order valence-corrected chi connectivity index (χ3v) is 2.90. The van der Waals surface area contributed by atoms with Crippen LogP contribution >= 0.6 is 0 Å². The van der Waals surface area contributed by atoms with E-state index >= 15 is 0 Å². The molecule has 1 unspecified atom stereocenters. The molecule has 1 aromatic heterocycles. The summed E-state index contributed by atoms with van der Waals surface area (Å²) >= 11 is 0. The van der Waals surface area contributed by atoms with E-state index in [1.54, 1.807) is 11.7 Å². The van der Waals surface area contributed by atoms with Gasteiger partial charge in [0.05, 0.1) is 5.69 Å². The van der Waals surface area contributed by atoms with Gasteiger partial charge in [-0.2, -0.15) is 5.10 Å². The van der Waals surface area contributed by atoms with E-state index in [0.29, 0.717) is 18.2 Å². The van der Waals surface area contributed by atoms with Crippen molar-refractivity contribution in [2.45, 2.75) is 33.2 Å². The molecule has 0 aliphatic rings. The fourth-order valence-corrected chi connectivity index (χ4v) is 1.65. The Morgan fingerprint density at radius 3 is 2.65 bits per heavy atom. The number of carbonyl (C=O) groups excluding carboxylic acids is 1. The maximum Gasteiger partial charge on any atom is 0.269 e. The lowest BCUT2D eigenvalue weighted by atomic mass is 10.0. The molecule has 0 radical (unpaired) electrons. The van der Waals surface area contributed by atoms with Gasteiger partial charge in [-0.05, 0) is 18.4 Å². The van der Waals surface area contributed by atoms with E-state index in [9.17, 15) is 4.79 Å². The summed E-state index contributed by atoms with van der Waals surface area (Å²) in [5.41, 5.74) is 7.14. The lowest BCUT2D eigenvalue weighted by molar-refractivity contribution is 0.0918. The Kier molecular flexibility index (Phi) is 4.69. The second kappa shape index (κ2) is 5.82. The van der Waals surface area contributed by atoms with E-state index < -0.39 is 0 Å². The zero-order valence-electron chi connectivity index (χ0n) is 11.0. The first-order chi connectivity index (χ1) is 7.99. The number of aryl methyl sites for hydroxylation is 2. The highest BCUT2D eigenvalue weighted by Crippen LogP contribution is 2.06. The Morgan fingerprint density at radius 1 is 1.59 bits per heavy atom. The van der Waals surface area contributed by atoms with Gasteiger partial charge in [0.15, 0.2) is 0 Å². The summed E-state index contributed by atoms with van der Waals surface area (Å²) in [5, 5.41) is 7.19. The number of hydrogen-bond acceptors (Lipinski definition) is 3. The summed E-state index contributed by atoms with van der Waals surface area (Å²) in [6, 6.07) is 1.82. The molecule has 0 saturated carbocycles. The molecule has 1 rings (SSSR count). The fourth-order valence-electron chi connectivity index (χ4n) is 1.65. The topological polar surface area (TPSA) is 72.9 Å². The fraction of sp³-hybridized carbons (Fsp3) is 0.667. The molecule has 17 heavy (non-hydrogen) atoms. The van der Waals surface area contributed by atoms with Crippen molar-refractivity contribution >= 4 is 5.91 Å². The van der Waals surface area contributed by atoms with E-state index in [0.717, 1.165) is 12.1 Å². The largest absolute Gasteiger partial charge is 0.346 e. The van der Waals surface area contributed by atoms with Gasteiger partial charge in [0.2, 0.25) is 0 Å². The van der Waals surface area contributed by atoms with Crippen LogP contribution in [0.2, 0.25) is 0 Å². The second-order valence-corrected chi connectivity index (χ2v) is 4.56. The molecular formula is C12H22N4O. The second-order valence-electron chi connectivity index (χ2n) is 4.56. The number of hydrogen-bond donors (Lipinski definition) is 2. The van der Waals surface area contributed by atoms with Crippen molar-refractivity contribution in [1.29, 1.82) is 0 Å². The SMILES string of the molecule is CCc1cc(C(=O)NC(CN)C(C)C)n(C)n1. The van der Waals surface area contributed by atoms with Crippen LogP contribution < -0.4 is 11.1 Å². The highest BCUT2D eigenvalue weighted by atomic mass is 16.2. The standard InChI is InChI=1S/C12H22N4O/c1-5-9-6-11(16(4)15-9)12(17)14-10(7-13)8(2)3/h6,8,10H,5,7,13H2,1-4H3,(H,14,17). The number of nitrogens with zero attached hydrogens (tertiary/aromatic N) is 2. The monoisotopic (exact) mass is 238 g/mol. The van der Waals surface area contributed by atoms with Crippen LogP contribution in [-0.2, 0) is 13.5 Å². The number of carbonyl (C=O) groups is 1. The highest BCUT2D eigenvalue weighted by molar-refractivity contribution is 5.92. The maximum absolute atomic E-state index is 12.0. The van der Waals surface area contributed by atoms with E-state index in [-0.39, 0.29) is 11.9 Å². The highest BCUT2D eigenvalue weighted by Gasteiger charge is 2.18. The van der Waals surface area contributed by atoms with Gasteiger partial charge >= 0.3 is 0 Å². The Bertz CT molecular complexity index is 384. The Balaban J connectivity index is 2.78. The first kappa shape index (κ1) is 13.7. The van der Waals surface area contributed by atoms with Crippen LogP contribution in [0.5, 0.6) is 0 Å². The van der Waals surface area contributed by atoms with E-state index in [1.165, 1.54) is 0 Å². The van der Waals surface area contributed by atoms with Gasteiger partial charge in [0.25, 0.3) is 5.91 Å². The van der Waals surface area contributed by atoms with E-state index in [2.05, 4.69) is 10.4 Å². The van der Waals surface area contributed by atoms with Crippen molar-refractivity contribution in [3.63, 3.8) is 0 Å². The van der Waals surface area contributed by atoms with Gasteiger partial charge in [0.1, 0.15) is 5.69 Å². The smallest absolute Gasteiger partial charge is 0.269 e. The van der Waals surface area contributed by atoms with Crippen molar-refractivity contribution in [3.05, 3.63) is 17.5 Å². The number of rotatable bonds is 5. The lowest BCUT2D eigenvalue weighted by Crippen LogP contribution is -2.44. The molecule has 5 nitrogen and oxygen atoms in total. The lowest BCUT2D eigenvalue weighted by Gasteiger charge is -2.20. The molecule has 0 aromatic carbocycles. The normalized spacial score (nSPS) is 12.8. The van der Waals surface area contributed by atoms with E-state index in [4.69, 9.17) is 5.73 Å². The number of nitrogens with one attached hydrogen (secondary N) is 1. The molecule has 96 valence electrons. The van der Waals surface area contributed by atoms with Gasteiger partial charge < -0.3 is 11.1 Å². The first-order valence-electron chi connectivity index (χ1n) is 6.03. The van der Waals surface area contributed by atoms with Crippen LogP contribution in [0.3, 0.4) is 0 Å². The van der Waals surface area contributed by atoms with Crippen molar-refractivity contribution < 1.29 is 4.79 Å². The van der Waals surface area contributed by atoms with E-state index in [1.807, 2.05) is 26.8 Å². The molecule has 0 saturated heterocycles. The van der Waals surface area contributed by atoms with Gasteiger partial charge in [0, 0.05) is 19.6 Å². The van der Waals surface area contributed by atoms with Crippen LogP contribution in [0.15, 0.2) is 6.07 Å². The predicted molar refractivity (Wildman–Crippen MR) is 67.7 cm³/mol. The van der Waals surface area contributed by atoms with Crippen LogP contribution in [0.4, 0.5) is 0 Å². The summed E-state index contributed by atoms with van der Waals surface area (Å²) in [7, 11) is 1.78. The van der Waals surface area contributed by atoms with Crippen molar-refractivity contribution in [2.24, 2.45) is 18.7 Å². The molecule has 1 amide bonds. The van der Waals surface area contributed by atoms with Crippen molar-refractivity contribution in [3.8, 4) is 0 Å². The Hall–Kier alpha value is -1.36. The molecular weight excluding hydrogens is 216 g/mol. The summed E-state index contributed by atoms with van der Waals surface area (Å²) in [6.45, 7) is 6.54. The number of aromatic nitrogens is 2. The van der Waals surface area contributed by atoms with Crippen molar-refractivity contribution in [2.75, 3.05) is 6.54 Å². The average Bonchev–Trinajstić information content (AvgIpc) is 2.66. The third kappa shape index (κ3) is 3.30. The number of amides is 1. The van der Waals surface area contributed by atoms with Gasteiger partial charge in [-0.1, -0.05) is 20.8 Å². The van der Waals surface area contributed by atoms with Gasteiger partial charge in [-0.15, -0.1) is 0 Å². The summed E-state index contributed by atoms with van der Waals surface area (Å²) in [6.07, 6.45) is 0.825. The summed E-state index contributed by atoms with van der Waals surface area (Å²) in [4.78, 5) is 12.0. The van der Waals surface area contributed by atoms with Crippen LogP contribution in [-0.4, -0.2) is 28.3 Å². The molecule has 0 spiro atoms. The van der Waals surface area contributed by atoms with Crippen LogP contribution in [0.1, 0.15) is 37.0 Å². The number of nitrogens with two attached hydrogens (primary N) is 1. The molecule has 5 heteroatoms. The predicted octanol–water partition coefficient (Wildman–Crippen LogP) is 0.696. The Morgan fingerprint density at radius 2 is 2.24 bits per heavy atom. The molecule has 0 bridgehead atoms. The molecule has 3 N–H and O–H groups in total. The third-order valence-electron chi connectivity index (χ3n) is 2.90. The Labute approximate surface area is 102 Å². The summed E-state index contributed by atoms with van der Waals surface area (Å²) < 4.78 is 1.61. The van der Waals surface area contributed by atoms with Gasteiger partial charge in [-0.3, -0.25) is 9.48 Å². The first-order valence-corrected chi connectivity index (χ1v) is 6.03. The zero-order chi connectivity index (χ0) is 13.0. The quantitative estimate of drug-likeness (QED) is 0.793. The molecule has 1 heterocycles. The minimum Gasteiger partial charge on any atom is -0.346 e. The molecule has 0 aliphatic heterocycles. The minimum absolute atomic E-state index is 0.00229. The van der Waals surface area contributed by atoms with Gasteiger partial charge in [-0.25, -0.2) is 0 Å².